The zero-order valence-electron chi connectivity index (χ0n) is 15.1. The van der Waals surface area contributed by atoms with Crippen LogP contribution in [-0.2, 0) is 24.2 Å². The van der Waals surface area contributed by atoms with Gasteiger partial charge in [-0.25, -0.2) is 4.79 Å². The molecule has 2 N–H and O–H groups in total. The molecule has 0 unspecified atom stereocenters. The van der Waals surface area contributed by atoms with Gasteiger partial charge in [-0.2, -0.15) is 0 Å². The number of anilines is 1. The molecule has 1 aliphatic heterocycles. The number of carbonyl (C=O) groups excluding carboxylic acids is 2. The molecule has 3 amide bonds. The summed E-state index contributed by atoms with van der Waals surface area (Å²) in [6.45, 7) is 3.42. The summed E-state index contributed by atoms with van der Waals surface area (Å²) in [7, 11) is 0. The summed E-state index contributed by atoms with van der Waals surface area (Å²) in [5.41, 5.74) is 4.38. The number of amides is 3. The second-order valence-corrected chi connectivity index (χ2v) is 6.62. The molecule has 26 heavy (non-hydrogen) atoms. The monoisotopic (exact) mass is 351 g/mol. The van der Waals surface area contributed by atoms with Gasteiger partial charge in [-0.3, -0.25) is 4.79 Å². The van der Waals surface area contributed by atoms with Gasteiger partial charge in [0.25, 0.3) is 0 Å². The van der Waals surface area contributed by atoms with Crippen molar-refractivity contribution in [3.63, 3.8) is 0 Å². The number of hydrogen-bond acceptors (Lipinski definition) is 2. The molecule has 1 aliphatic rings. The van der Waals surface area contributed by atoms with Crippen molar-refractivity contribution in [1.29, 1.82) is 0 Å². The lowest BCUT2D eigenvalue weighted by Gasteiger charge is -2.30. The van der Waals surface area contributed by atoms with Crippen molar-refractivity contribution in [1.82, 2.24) is 10.2 Å². The van der Waals surface area contributed by atoms with E-state index in [4.69, 9.17) is 0 Å². The van der Waals surface area contributed by atoms with Gasteiger partial charge >= 0.3 is 6.03 Å². The lowest BCUT2D eigenvalue weighted by Crippen LogP contribution is -2.43. The average Bonchev–Trinajstić information content (AvgIpc) is 2.65. The van der Waals surface area contributed by atoms with Gasteiger partial charge in [0.2, 0.25) is 5.91 Å². The zero-order chi connectivity index (χ0) is 18.4. The maximum atomic E-state index is 12.4. The molecule has 5 nitrogen and oxygen atoms in total. The van der Waals surface area contributed by atoms with Crippen LogP contribution in [0.15, 0.2) is 48.5 Å². The Labute approximate surface area is 154 Å². The van der Waals surface area contributed by atoms with Gasteiger partial charge in [-0.05, 0) is 42.0 Å². The van der Waals surface area contributed by atoms with E-state index in [0.29, 0.717) is 19.6 Å². The van der Waals surface area contributed by atoms with Gasteiger partial charge in [-0.15, -0.1) is 0 Å². The minimum atomic E-state index is -0.0722. The van der Waals surface area contributed by atoms with Crippen molar-refractivity contribution in [3.8, 4) is 0 Å². The van der Waals surface area contributed by atoms with E-state index >= 15 is 0 Å². The minimum absolute atomic E-state index is 0.0198. The second-order valence-electron chi connectivity index (χ2n) is 6.62. The highest BCUT2D eigenvalue weighted by molar-refractivity contribution is 5.90. The summed E-state index contributed by atoms with van der Waals surface area (Å²) in [6, 6.07) is 16.1. The largest absolute Gasteiger partial charge is 0.338 e. The lowest BCUT2D eigenvalue weighted by atomic mass is 9.98. The van der Waals surface area contributed by atoms with Crippen LogP contribution in [0, 0.1) is 0 Å². The molecule has 2 aromatic carbocycles. The Kier molecular flexibility index (Phi) is 5.89. The van der Waals surface area contributed by atoms with E-state index in [1.54, 1.807) is 0 Å². The molecule has 3 rings (SSSR count). The first-order valence-electron chi connectivity index (χ1n) is 9.08. The second kappa shape index (κ2) is 8.52. The molecule has 5 heteroatoms. The van der Waals surface area contributed by atoms with Crippen LogP contribution in [0.4, 0.5) is 10.5 Å². The van der Waals surface area contributed by atoms with E-state index in [-0.39, 0.29) is 11.9 Å². The predicted octanol–water partition coefficient (Wildman–Crippen LogP) is 3.35. The van der Waals surface area contributed by atoms with Crippen molar-refractivity contribution < 1.29 is 9.59 Å². The fraction of sp³-hybridized carbons (Fsp3) is 0.333. The van der Waals surface area contributed by atoms with Crippen LogP contribution in [0.25, 0.3) is 0 Å². The molecule has 0 aromatic heterocycles. The summed E-state index contributed by atoms with van der Waals surface area (Å²) in [4.78, 5) is 25.6. The first-order valence-corrected chi connectivity index (χ1v) is 9.08. The maximum Gasteiger partial charge on any atom is 0.317 e. The Hall–Kier alpha value is -2.82. The highest BCUT2D eigenvalue weighted by Gasteiger charge is 2.22. The summed E-state index contributed by atoms with van der Waals surface area (Å²) < 4.78 is 0. The molecule has 2 aromatic rings. The Morgan fingerprint density at radius 1 is 1.08 bits per heavy atom. The van der Waals surface area contributed by atoms with E-state index in [0.717, 1.165) is 36.1 Å². The average molecular weight is 351 g/mol. The Bertz CT molecular complexity index is 774. The first kappa shape index (κ1) is 18.0. The van der Waals surface area contributed by atoms with Crippen LogP contribution in [0.3, 0.4) is 0 Å². The summed E-state index contributed by atoms with van der Waals surface area (Å²) in [6.07, 6.45) is 2.64. The standard InChI is InChI=1S/C21H25N3O2/c1-16(25)23-20-11-5-10-18-15-24(14-12-19(18)20)21(26)22-13-6-9-17-7-3-2-4-8-17/h2-5,7-8,10-11H,6,9,12-15H2,1H3,(H,22,26)(H,23,25). The highest BCUT2D eigenvalue weighted by Crippen LogP contribution is 2.26. The SMILES string of the molecule is CC(=O)Nc1cccc2c1CCN(C(=O)NCCCc1ccccc1)C2. The first-order chi connectivity index (χ1) is 12.6. The maximum absolute atomic E-state index is 12.4. The number of fused-ring (bicyclic) bond motifs is 1. The van der Waals surface area contributed by atoms with Crippen molar-refractivity contribution >= 4 is 17.6 Å². The van der Waals surface area contributed by atoms with Crippen molar-refractivity contribution in [2.24, 2.45) is 0 Å². The van der Waals surface area contributed by atoms with Crippen LogP contribution in [-0.4, -0.2) is 29.9 Å². The van der Waals surface area contributed by atoms with E-state index in [1.165, 1.54) is 12.5 Å². The number of aryl methyl sites for hydroxylation is 1. The van der Waals surface area contributed by atoms with Gasteiger partial charge in [0.05, 0.1) is 0 Å². The third kappa shape index (κ3) is 4.63. The number of hydrogen-bond donors (Lipinski definition) is 2. The molecule has 1 heterocycles. The third-order valence-electron chi connectivity index (χ3n) is 4.63. The van der Waals surface area contributed by atoms with Crippen molar-refractivity contribution in [2.45, 2.75) is 32.7 Å². The quantitative estimate of drug-likeness (QED) is 0.812. The van der Waals surface area contributed by atoms with Crippen LogP contribution >= 0.6 is 0 Å². The van der Waals surface area contributed by atoms with Gasteiger partial charge in [0.1, 0.15) is 0 Å². The normalized spacial score (nSPS) is 13.0. The molecular weight excluding hydrogens is 326 g/mol. The summed E-state index contributed by atoms with van der Waals surface area (Å²) in [5, 5.41) is 5.89. The van der Waals surface area contributed by atoms with Crippen LogP contribution in [0.1, 0.15) is 30.0 Å². The number of rotatable bonds is 5. The summed E-state index contributed by atoms with van der Waals surface area (Å²) in [5.74, 6) is -0.0722. The molecule has 0 atom stereocenters. The predicted molar refractivity (Wildman–Crippen MR) is 103 cm³/mol. The summed E-state index contributed by atoms with van der Waals surface area (Å²) >= 11 is 0. The Morgan fingerprint density at radius 2 is 1.88 bits per heavy atom. The molecule has 136 valence electrons. The highest BCUT2D eigenvalue weighted by atomic mass is 16.2. The molecule has 0 aliphatic carbocycles. The fourth-order valence-electron chi connectivity index (χ4n) is 3.33. The Morgan fingerprint density at radius 3 is 2.65 bits per heavy atom. The third-order valence-corrected chi connectivity index (χ3v) is 4.63. The van der Waals surface area contributed by atoms with Crippen molar-refractivity contribution in [3.05, 3.63) is 65.2 Å². The van der Waals surface area contributed by atoms with Crippen LogP contribution in [0.5, 0.6) is 0 Å². The number of urea groups is 1. The number of nitrogens with zero attached hydrogens (tertiary/aromatic N) is 1. The number of nitrogens with one attached hydrogen (secondary N) is 2. The molecule has 0 saturated carbocycles. The van der Waals surface area contributed by atoms with E-state index in [2.05, 4.69) is 22.8 Å². The molecule has 0 fully saturated rings. The molecule has 0 saturated heterocycles. The van der Waals surface area contributed by atoms with E-state index in [1.807, 2.05) is 41.3 Å². The lowest BCUT2D eigenvalue weighted by molar-refractivity contribution is -0.114. The van der Waals surface area contributed by atoms with Crippen LogP contribution in [0.2, 0.25) is 0 Å². The van der Waals surface area contributed by atoms with Gasteiger partial charge in [-0.1, -0.05) is 42.5 Å². The van der Waals surface area contributed by atoms with Gasteiger partial charge < -0.3 is 15.5 Å². The molecule has 0 bridgehead atoms. The molecular formula is C21H25N3O2. The van der Waals surface area contributed by atoms with Crippen LogP contribution < -0.4 is 10.6 Å². The smallest absolute Gasteiger partial charge is 0.317 e. The Balaban J connectivity index is 1.50. The van der Waals surface area contributed by atoms with Gasteiger partial charge in [0, 0.05) is 32.2 Å². The molecule has 0 spiro atoms. The number of carbonyl (C=O) groups is 2. The van der Waals surface area contributed by atoms with E-state index in [9.17, 15) is 9.59 Å². The van der Waals surface area contributed by atoms with Crippen molar-refractivity contribution in [2.75, 3.05) is 18.4 Å². The molecule has 0 radical (unpaired) electrons. The van der Waals surface area contributed by atoms with Gasteiger partial charge in [0.15, 0.2) is 0 Å². The van der Waals surface area contributed by atoms with E-state index < -0.39 is 0 Å². The minimum Gasteiger partial charge on any atom is -0.338 e. The topological polar surface area (TPSA) is 61.4 Å². The fourth-order valence-corrected chi connectivity index (χ4v) is 3.33. The number of benzene rings is 2. The zero-order valence-corrected chi connectivity index (χ0v) is 15.1.